The topological polar surface area (TPSA) is 87.9 Å². The summed E-state index contributed by atoms with van der Waals surface area (Å²) in [7, 11) is 0. The van der Waals surface area contributed by atoms with Crippen LogP contribution in [0.4, 0.5) is 16.2 Å². The van der Waals surface area contributed by atoms with E-state index in [2.05, 4.69) is 10.2 Å². The summed E-state index contributed by atoms with van der Waals surface area (Å²) in [6.45, 7) is 2.43. The number of rotatable bonds is 5. The third kappa shape index (κ3) is 4.09. The van der Waals surface area contributed by atoms with E-state index in [1.165, 1.54) is 11.3 Å². The van der Waals surface area contributed by atoms with Gasteiger partial charge in [-0.1, -0.05) is 11.6 Å². The predicted molar refractivity (Wildman–Crippen MR) is 111 cm³/mol. The van der Waals surface area contributed by atoms with Gasteiger partial charge in [0.25, 0.3) is 5.91 Å². The minimum Gasteiger partial charge on any atom is -0.442 e. The molecule has 0 radical (unpaired) electrons. The van der Waals surface area contributed by atoms with Gasteiger partial charge < -0.3 is 20.7 Å². The first kappa shape index (κ1) is 19.0. The Morgan fingerprint density at radius 3 is 2.61 bits per heavy atom. The molecule has 1 aromatic heterocycles. The van der Waals surface area contributed by atoms with Gasteiger partial charge in [-0.15, -0.1) is 11.3 Å². The number of carbonyl (C=O) groups is 2. The van der Waals surface area contributed by atoms with Crippen LogP contribution >= 0.6 is 22.9 Å². The maximum atomic E-state index is 12.2. The molecule has 9 heteroatoms. The van der Waals surface area contributed by atoms with E-state index in [1.54, 1.807) is 17.0 Å². The monoisotopic (exact) mass is 420 g/mol. The van der Waals surface area contributed by atoms with E-state index in [-0.39, 0.29) is 18.5 Å². The summed E-state index contributed by atoms with van der Waals surface area (Å²) in [5.41, 5.74) is 7.84. The molecular weight excluding hydrogens is 400 g/mol. The van der Waals surface area contributed by atoms with Gasteiger partial charge in [0.1, 0.15) is 6.10 Å². The van der Waals surface area contributed by atoms with Crippen LogP contribution in [0.15, 0.2) is 36.4 Å². The highest BCUT2D eigenvalue weighted by atomic mass is 35.5. The van der Waals surface area contributed by atoms with E-state index in [1.807, 2.05) is 24.3 Å². The molecule has 148 valence electrons. The van der Waals surface area contributed by atoms with Gasteiger partial charge in [-0.05, 0) is 42.8 Å². The van der Waals surface area contributed by atoms with Crippen LogP contribution in [0.1, 0.15) is 16.1 Å². The molecule has 4 rings (SSSR count). The first-order valence-corrected chi connectivity index (χ1v) is 10.3. The normalized spacial score (nSPS) is 21.9. The Bertz CT molecular complexity index is 872. The van der Waals surface area contributed by atoms with Gasteiger partial charge in [0.15, 0.2) is 0 Å². The summed E-state index contributed by atoms with van der Waals surface area (Å²) in [5.74, 6) is -0.223. The number of nitrogens with two attached hydrogens (primary N) is 1. The second-order valence-electron chi connectivity index (χ2n) is 6.94. The number of benzene rings is 1. The molecule has 3 heterocycles. The molecule has 2 unspecified atom stereocenters. The Labute approximate surface area is 172 Å². The van der Waals surface area contributed by atoms with Crippen molar-refractivity contribution in [3.8, 4) is 0 Å². The largest absolute Gasteiger partial charge is 0.442 e. The minimum atomic E-state index is -0.408. The lowest BCUT2D eigenvalue weighted by atomic mass is 10.2. The molecule has 2 amide bonds. The van der Waals surface area contributed by atoms with Crippen molar-refractivity contribution >= 4 is 46.3 Å². The summed E-state index contributed by atoms with van der Waals surface area (Å²) in [5, 5.41) is 2.79. The van der Waals surface area contributed by atoms with E-state index in [0.29, 0.717) is 15.8 Å². The maximum Gasteiger partial charge on any atom is 0.414 e. The molecule has 28 heavy (non-hydrogen) atoms. The van der Waals surface area contributed by atoms with Crippen molar-refractivity contribution in [1.29, 1.82) is 0 Å². The van der Waals surface area contributed by atoms with Gasteiger partial charge in [0, 0.05) is 30.5 Å². The number of nitrogens with one attached hydrogen (secondary N) is 1. The van der Waals surface area contributed by atoms with Crippen LogP contribution in [-0.4, -0.2) is 50.3 Å². The molecule has 0 saturated carbocycles. The fraction of sp³-hybridized carbons (Fsp3) is 0.368. The molecule has 0 aliphatic carbocycles. The number of halogens is 1. The molecule has 0 bridgehead atoms. The molecule has 7 nitrogen and oxygen atoms in total. The highest BCUT2D eigenvalue weighted by Crippen LogP contribution is 2.26. The molecule has 2 fully saturated rings. The van der Waals surface area contributed by atoms with Crippen LogP contribution in [-0.2, 0) is 4.74 Å². The summed E-state index contributed by atoms with van der Waals surface area (Å²) >= 11 is 7.06. The quantitative estimate of drug-likeness (QED) is 0.776. The number of ether oxygens (including phenoxy) is 1. The van der Waals surface area contributed by atoms with Crippen LogP contribution in [0.2, 0.25) is 4.34 Å². The lowest BCUT2D eigenvalue weighted by Gasteiger charge is -2.19. The van der Waals surface area contributed by atoms with Crippen molar-refractivity contribution in [3.05, 3.63) is 45.6 Å². The molecule has 2 atom stereocenters. The maximum absolute atomic E-state index is 12.2. The third-order valence-corrected chi connectivity index (χ3v) is 6.14. The van der Waals surface area contributed by atoms with Gasteiger partial charge in [-0.3, -0.25) is 9.69 Å². The Hall–Kier alpha value is -2.29. The third-order valence-electron chi connectivity index (χ3n) is 4.91. The van der Waals surface area contributed by atoms with Crippen molar-refractivity contribution in [1.82, 2.24) is 5.32 Å². The molecule has 3 N–H and O–H groups in total. The van der Waals surface area contributed by atoms with Crippen LogP contribution < -0.4 is 20.9 Å². The zero-order valence-electron chi connectivity index (χ0n) is 15.1. The van der Waals surface area contributed by atoms with Crippen molar-refractivity contribution < 1.29 is 14.3 Å². The van der Waals surface area contributed by atoms with Gasteiger partial charge in [-0.2, -0.15) is 0 Å². The number of anilines is 2. The zero-order chi connectivity index (χ0) is 19.7. The first-order valence-electron chi connectivity index (χ1n) is 9.12. The Balaban J connectivity index is 1.33. The summed E-state index contributed by atoms with van der Waals surface area (Å²) in [6, 6.07) is 11.4. The highest BCUT2D eigenvalue weighted by molar-refractivity contribution is 7.17. The highest BCUT2D eigenvalue weighted by Gasteiger charge is 2.32. The Morgan fingerprint density at radius 2 is 1.96 bits per heavy atom. The summed E-state index contributed by atoms with van der Waals surface area (Å²) in [4.78, 5) is 28.7. The first-order chi connectivity index (χ1) is 13.5. The zero-order valence-corrected chi connectivity index (χ0v) is 16.7. The average molecular weight is 421 g/mol. The van der Waals surface area contributed by atoms with E-state index >= 15 is 0 Å². The Kier molecular flexibility index (Phi) is 5.43. The molecule has 2 aromatic rings. The van der Waals surface area contributed by atoms with Crippen molar-refractivity contribution in [2.24, 2.45) is 5.73 Å². The molecule has 2 aliphatic rings. The number of amides is 2. The Morgan fingerprint density at radius 1 is 1.21 bits per heavy atom. The number of hydrogen-bond donors (Lipinski definition) is 2. The average Bonchev–Trinajstić information content (AvgIpc) is 3.40. The molecule has 2 aliphatic heterocycles. The number of carbonyl (C=O) groups excluding carboxylic acids is 2. The van der Waals surface area contributed by atoms with E-state index in [0.717, 1.165) is 30.9 Å². The smallest absolute Gasteiger partial charge is 0.414 e. The van der Waals surface area contributed by atoms with E-state index in [9.17, 15) is 9.59 Å². The van der Waals surface area contributed by atoms with E-state index < -0.39 is 12.2 Å². The lowest BCUT2D eigenvalue weighted by Crippen LogP contribution is -2.34. The van der Waals surface area contributed by atoms with Gasteiger partial charge in [-0.25, -0.2) is 4.79 Å². The SMILES string of the molecule is NC1CCN(c2ccc(N3CC(CNC(=O)c4ccc(Cl)s4)OC3=O)cc2)C1. The standard InChI is InChI=1S/C19H21ClN4O3S/c20-17-6-5-16(28-17)18(25)22-9-15-11-24(19(26)27-15)14-3-1-13(2-4-14)23-8-7-12(21)10-23/h1-6,12,15H,7-11,21H2,(H,22,25). The number of hydrogen-bond acceptors (Lipinski definition) is 6. The second kappa shape index (κ2) is 7.98. The van der Waals surface area contributed by atoms with Gasteiger partial charge >= 0.3 is 6.09 Å². The van der Waals surface area contributed by atoms with Crippen LogP contribution in [0.25, 0.3) is 0 Å². The molecule has 0 spiro atoms. The van der Waals surface area contributed by atoms with Crippen LogP contribution in [0.5, 0.6) is 0 Å². The van der Waals surface area contributed by atoms with E-state index in [4.69, 9.17) is 22.1 Å². The second-order valence-corrected chi connectivity index (χ2v) is 8.66. The van der Waals surface area contributed by atoms with Gasteiger partial charge in [0.05, 0.1) is 22.3 Å². The van der Waals surface area contributed by atoms with Crippen LogP contribution in [0.3, 0.4) is 0 Å². The molecule has 1 aromatic carbocycles. The number of nitrogens with zero attached hydrogens (tertiary/aromatic N) is 2. The fourth-order valence-electron chi connectivity index (χ4n) is 3.43. The summed E-state index contributed by atoms with van der Waals surface area (Å²) < 4.78 is 5.94. The summed E-state index contributed by atoms with van der Waals surface area (Å²) in [6.07, 6.45) is 0.183. The molecular formula is C19H21ClN4O3S. The number of cyclic esters (lactones) is 1. The lowest BCUT2D eigenvalue weighted by molar-refractivity contribution is 0.0920. The number of thiophene rings is 1. The predicted octanol–water partition coefficient (Wildman–Crippen LogP) is 2.69. The van der Waals surface area contributed by atoms with Crippen molar-refractivity contribution in [2.75, 3.05) is 36.0 Å². The molecule has 2 saturated heterocycles. The van der Waals surface area contributed by atoms with Gasteiger partial charge in [0.2, 0.25) is 0 Å². The fourth-order valence-corrected chi connectivity index (χ4v) is 4.39. The van der Waals surface area contributed by atoms with Crippen LogP contribution in [0, 0.1) is 0 Å². The van der Waals surface area contributed by atoms with Crippen molar-refractivity contribution in [3.63, 3.8) is 0 Å². The van der Waals surface area contributed by atoms with Crippen molar-refractivity contribution in [2.45, 2.75) is 18.6 Å². The minimum absolute atomic E-state index is 0.217.